The number of hydrogen-bond donors (Lipinski definition) is 1. The van der Waals surface area contributed by atoms with Crippen LogP contribution in [0.25, 0.3) is 10.1 Å². The van der Waals surface area contributed by atoms with Crippen LogP contribution in [0, 0.1) is 13.8 Å². The zero-order valence-corrected chi connectivity index (χ0v) is 14.7. The third kappa shape index (κ3) is 3.36. The van der Waals surface area contributed by atoms with Gasteiger partial charge in [-0.25, -0.2) is 4.79 Å². The molecule has 0 bridgehead atoms. The first-order valence-electron chi connectivity index (χ1n) is 7.64. The van der Waals surface area contributed by atoms with Gasteiger partial charge in [0.2, 0.25) is 0 Å². The van der Waals surface area contributed by atoms with Crippen LogP contribution >= 0.6 is 11.3 Å². The number of methoxy groups -OCH3 is 1. The standard InChI is InChI=1S/C19H19NO3S/c1-12-10-14(8-9-16(12)20-19(21)22-3)23-11-18-13(2)15-6-4-5-7-17(15)24-18/h4-10H,11H2,1-3H3,(H,20,21). The van der Waals surface area contributed by atoms with Crippen molar-refractivity contribution >= 4 is 33.2 Å². The van der Waals surface area contributed by atoms with Gasteiger partial charge in [0.15, 0.2) is 0 Å². The first kappa shape index (κ1) is 16.3. The summed E-state index contributed by atoms with van der Waals surface area (Å²) in [4.78, 5) is 12.5. The largest absolute Gasteiger partial charge is 0.488 e. The number of amides is 1. The molecule has 0 radical (unpaired) electrons. The molecule has 4 nitrogen and oxygen atoms in total. The SMILES string of the molecule is COC(=O)Nc1ccc(OCc2sc3ccccc3c2C)cc1C. The molecule has 5 heteroatoms. The van der Waals surface area contributed by atoms with Gasteiger partial charge in [-0.15, -0.1) is 11.3 Å². The molecule has 1 aromatic heterocycles. The van der Waals surface area contributed by atoms with E-state index in [1.807, 2.05) is 25.1 Å². The van der Waals surface area contributed by atoms with Crippen molar-refractivity contribution in [1.29, 1.82) is 0 Å². The molecule has 1 amide bonds. The number of nitrogens with one attached hydrogen (secondary N) is 1. The number of carbonyl (C=O) groups excluding carboxylic acids is 1. The molecule has 0 saturated carbocycles. The summed E-state index contributed by atoms with van der Waals surface area (Å²) in [5.41, 5.74) is 2.91. The second-order valence-electron chi connectivity index (χ2n) is 5.53. The lowest BCUT2D eigenvalue weighted by Gasteiger charge is -2.10. The molecule has 1 N–H and O–H groups in total. The van der Waals surface area contributed by atoms with Crippen molar-refractivity contribution in [3.05, 3.63) is 58.5 Å². The number of fused-ring (bicyclic) bond motifs is 1. The Kier molecular flexibility index (Phi) is 4.71. The van der Waals surface area contributed by atoms with E-state index in [1.54, 1.807) is 11.3 Å². The predicted molar refractivity (Wildman–Crippen MR) is 98.1 cm³/mol. The third-order valence-electron chi connectivity index (χ3n) is 3.93. The van der Waals surface area contributed by atoms with E-state index >= 15 is 0 Å². The minimum Gasteiger partial charge on any atom is -0.488 e. The van der Waals surface area contributed by atoms with Crippen LogP contribution < -0.4 is 10.1 Å². The highest BCUT2D eigenvalue weighted by molar-refractivity contribution is 7.19. The first-order valence-corrected chi connectivity index (χ1v) is 8.45. The number of aryl methyl sites for hydroxylation is 2. The van der Waals surface area contributed by atoms with Crippen molar-refractivity contribution < 1.29 is 14.3 Å². The Hall–Kier alpha value is -2.53. The van der Waals surface area contributed by atoms with Gasteiger partial charge in [-0.2, -0.15) is 0 Å². The number of anilines is 1. The molecule has 0 atom stereocenters. The van der Waals surface area contributed by atoms with Gasteiger partial charge in [0.25, 0.3) is 0 Å². The molecule has 24 heavy (non-hydrogen) atoms. The highest BCUT2D eigenvalue weighted by Gasteiger charge is 2.09. The summed E-state index contributed by atoms with van der Waals surface area (Å²) in [5.74, 6) is 0.778. The lowest BCUT2D eigenvalue weighted by molar-refractivity contribution is 0.187. The quantitative estimate of drug-likeness (QED) is 0.703. The lowest BCUT2D eigenvalue weighted by atomic mass is 10.1. The maximum absolute atomic E-state index is 11.3. The van der Waals surface area contributed by atoms with Gasteiger partial charge in [0.05, 0.1) is 7.11 Å². The Morgan fingerprint density at radius 2 is 1.96 bits per heavy atom. The van der Waals surface area contributed by atoms with Crippen molar-refractivity contribution in [3.63, 3.8) is 0 Å². The fraction of sp³-hybridized carbons (Fsp3) is 0.211. The van der Waals surface area contributed by atoms with E-state index < -0.39 is 6.09 Å². The van der Waals surface area contributed by atoms with Gasteiger partial charge in [0.1, 0.15) is 12.4 Å². The Morgan fingerprint density at radius 3 is 2.67 bits per heavy atom. The second-order valence-corrected chi connectivity index (χ2v) is 6.67. The molecule has 1 heterocycles. The van der Waals surface area contributed by atoms with Crippen LogP contribution in [-0.4, -0.2) is 13.2 Å². The summed E-state index contributed by atoms with van der Waals surface area (Å²) in [6, 6.07) is 14.0. The Labute approximate surface area is 145 Å². The average Bonchev–Trinajstić information content (AvgIpc) is 2.91. The number of carbonyl (C=O) groups is 1. The van der Waals surface area contributed by atoms with Crippen LogP contribution in [0.2, 0.25) is 0 Å². The fourth-order valence-electron chi connectivity index (χ4n) is 2.54. The van der Waals surface area contributed by atoms with Crippen molar-refractivity contribution in [1.82, 2.24) is 0 Å². The third-order valence-corrected chi connectivity index (χ3v) is 5.18. The molecule has 3 aromatic rings. The van der Waals surface area contributed by atoms with Crippen LogP contribution in [0.15, 0.2) is 42.5 Å². The van der Waals surface area contributed by atoms with Gasteiger partial charge in [-0.05, 0) is 54.6 Å². The summed E-state index contributed by atoms with van der Waals surface area (Å²) < 4.78 is 11.8. The van der Waals surface area contributed by atoms with Crippen LogP contribution in [0.5, 0.6) is 5.75 Å². The molecule has 0 saturated heterocycles. The van der Waals surface area contributed by atoms with Crippen LogP contribution in [0.3, 0.4) is 0 Å². The molecule has 0 aliphatic carbocycles. The summed E-state index contributed by atoms with van der Waals surface area (Å²) in [6.07, 6.45) is -0.479. The van der Waals surface area contributed by atoms with Gasteiger partial charge in [0, 0.05) is 15.3 Å². The molecule has 0 fully saturated rings. The fourth-order valence-corrected chi connectivity index (χ4v) is 3.66. The Balaban J connectivity index is 1.73. The lowest BCUT2D eigenvalue weighted by Crippen LogP contribution is -2.11. The Morgan fingerprint density at radius 1 is 1.17 bits per heavy atom. The maximum atomic E-state index is 11.3. The molecule has 2 aromatic carbocycles. The maximum Gasteiger partial charge on any atom is 0.411 e. The summed E-state index contributed by atoms with van der Waals surface area (Å²) in [6.45, 7) is 4.59. The predicted octanol–water partition coefficient (Wildman–Crippen LogP) is 5.28. The molecule has 0 aliphatic heterocycles. The van der Waals surface area contributed by atoms with E-state index in [0.29, 0.717) is 12.3 Å². The van der Waals surface area contributed by atoms with Gasteiger partial charge in [-0.3, -0.25) is 5.32 Å². The second kappa shape index (κ2) is 6.93. The number of benzene rings is 2. The topological polar surface area (TPSA) is 47.6 Å². The van der Waals surface area contributed by atoms with Crippen molar-refractivity contribution in [3.8, 4) is 5.75 Å². The van der Waals surface area contributed by atoms with Crippen molar-refractivity contribution in [2.75, 3.05) is 12.4 Å². The highest BCUT2D eigenvalue weighted by atomic mass is 32.1. The zero-order chi connectivity index (χ0) is 17.1. The number of hydrogen-bond acceptors (Lipinski definition) is 4. The van der Waals surface area contributed by atoms with E-state index in [9.17, 15) is 4.79 Å². The van der Waals surface area contributed by atoms with E-state index in [-0.39, 0.29) is 0 Å². The van der Waals surface area contributed by atoms with Gasteiger partial charge >= 0.3 is 6.09 Å². The van der Waals surface area contributed by atoms with Crippen molar-refractivity contribution in [2.45, 2.75) is 20.5 Å². The normalized spacial score (nSPS) is 10.6. The molecular formula is C19H19NO3S. The summed E-state index contributed by atoms with van der Waals surface area (Å²) >= 11 is 1.76. The molecule has 3 rings (SSSR count). The van der Waals surface area contributed by atoms with Crippen LogP contribution in [0.4, 0.5) is 10.5 Å². The minimum absolute atomic E-state index is 0.479. The summed E-state index contributed by atoms with van der Waals surface area (Å²) in [5, 5.41) is 3.96. The molecule has 124 valence electrons. The van der Waals surface area contributed by atoms with E-state index in [1.165, 1.54) is 27.6 Å². The van der Waals surface area contributed by atoms with Gasteiger partial charge in [-0.1, -0.05) is 18.2 Å². The molecule has 0 spiro atoms. The smallest absolute Gasteiger partial charge is 0.411 e. The molecular weight excluding hydrogens is 322 g/mol. The van der Waals surface area contributed by atoms with Gasteiger partial charge < -0.3 is 9.47 Å². The average molecular weight is 341 g/mol. The minimum atomic E-state index is -0.479. The number of rotatable bonds is 4. The number of ether oxygens (including phenoxy) is 2. The first-order chi connectivity index (χ1) is 11.6. The van der Waals surface area contributed by atoms with Crippen LogP contribution in [0.1, 0.15) is 16.0 Å². The Bertz CT molecular complexity index is 885. The van der Waals surface area contributed by atoms with E-state index in [0.717, 1.165) is 11.3 Å². The highest BCUT2D eigenvalue weighted by Crippen LogP contribution is 2.31. The zero-order valence-electron chi connectivity index (χ0n) is 13.9. The van der Waals surface area contributed by atoms with E-state index in [4.69, 9.17) is 4.74 Å². The van der Waals surface area contributed by atoms with E-state index in [2.05, 4.69) is 41.2 Å². The monoisotopic (exact) mass is 341 g/mol. The molecule has 0 unspecified atom stereocenters. The molecule has 0 aliphatic rings. The van der Waals surface area contributed by atoms with Crippen molar-refractivity contribution in [2.24, 2.45) is 0 Å². The van der Waals surface area contributed by atoms with Crippen LogP contribution in [-0.2, 0) is 11.3 Å². The summed E-state index contributed by atoms with van der Waals surface area (Å²) in [7, 11) is 1.34. The number of thiophene rings is 1.